The summed E-state index contributed by atoms with van der Waals surface area (Å²) in [7, 11) is 0. The third-order valence-electron chi connectivity index (χ3n) is 4.99. The molecule has 10 N–H and O–H groups in total. The van der Waals surface area contributed by atoms with Gasteiger partial charge in [-0.25, -0.2) is 4.79 Å². The van der Waals surface area contributed by atoms with Crippen molar-refractivity contribution in [3.05, 3.63) is 0 Å². The summed E-state index contributed by atoms with van der Waals surface area (Å²) in [5.74, 6) is -6.24. The third kappa shape index (κ3) is 10.3. The normalized spacial score (nSPS) is 17.9. The molecule has 14 nitrogen and oxygen atoms in total. The second-order valence-electron chi connectivity index (χ2n) is 7.72. The van der Waals surface area contributed by atoms with Crippen LogP contribution in [0.25, 0.3) is 0 Å². The first-order valence-electron chi connectivity index (χ1n) is 10.6. The van der Waals surface area contributed by atoms with E-state index in [0.29, 0.717) is 32.4 Å². The standard InChI is InChI=1S/C19H32N6O8/c20-6-2-1-4-11(19(32)33)23-17(30)12(8-14(21)26)24-18(31)13(9-15(27)28)25-16(29)10-5-3-7-22-10/h10-13,22H,1-9,20H2,(H2,21,26)(H,23,30)(H,24,31)(H,25,29)(H,27,28)(H,32,33). The maximum Gasteiger partial charge on any atom is 0.326 e. The lowest BCUT2D eigenvalue weighted by Crippen LogP contribution is -2.58. The van der Waals surface area contributed by atoms with Gasteiger partial charge in [0.25, 0.3) is 0 Å². The highest BCUT2D eigenvalue weighted by molar-refractivity contribution is 5.97. The maximum atomic E-state index is 12.7. The maximum absolute atomic E-state index is 12.7. The van der Waals surface area contributed by atoms with E-state index in [9.17, 15) is 33.9 Å². The molecule has 0 aromatic heterocycles. The smallest absolute Gasteiger partial charge is 0.326 e. The van der Waals surface area contributed by atoms with Crippen LogP contribution < -0.4 is 32.7 Å². The molecule has 14 heteroatoms. The van der Waals surface area contributed by atoms with Crippen LogP contribution in [0.3, 0.4) is 0 Å². The first kappa shape index (κ1) is 27.8. The molecule has 1 aliphatic rings. The summed E-state index contributed by atoms with van der Waals surface area (Å²) < 4.78 is 0. The van der Waals surface area contributed by atoms with Crippen molar-refractivity contribution in [3.63, 3.8) is 0 Å². The number of rotatable bonds is 15. The lowest BCUT2D eigenvalue weighted by molar-refractivity contribution is -0.143. The van der Waals surface area contributed by atoms with E-state index in [-0.39, 0.29) is 6.42 Å². The molecule has 0 saturated carbocycles. The van der Waals surface area contributed by atoms with Gasteiger partial charge in [-0.05, 0) is 45.2 Å². The Labute approximate surface area is 190 Å². The van der Waals surface area contributed by atoms with Gasteiger partial charge in [0.05, 0.1) is 18.9 Å². The zero-order valence-corrected chi connectivity index (χ0v) is 18.2. The Kier molecular flexibility index (Phi) is 11.8. The van der Waals surface area contributed by atoms with E-state index in [4.69, 9.17) is 16.6 Å². The van der Waals surface area contributed by atoms with Crippen molar-refractivity contribution in [1.82, 2.24) is 21.3 Å². The van der Waals surface area contributed by atoms with Crippen molar-refractivity contribution in [3.8, 4) is 0 Å². The van der Waals surface area contributed by atoms with Gasteiger partial charge in [-0.15, -0.1) is 0 Å². The topological polar surface area (TPSA) is 243 Å². The van der Waals surface area contributed by atoms with E-state index in [1.54, 1.807) is 0 Å². The van der Waals surface area contributed by atoms with Crippen LogP contribution in [-0.4, -0.2) is 83.0 Å². The Balaban J connectivity index is 2.90. The number of unbranched alkanes of at least 4 members (excludes halogenated alkanes) is 1. The number of primary amides is 1. The van der Waals surface area contributed by atoms with Crippen molar-refractivity contribution < 1.29 is 39.0 Å². The van der Waals surface area contributed by atoms with Crippen LogP contribution in [0.15, 0.2) is 0 Å². The molecule has 0 aromatic carbocycles. The Morgan fingerprint density at radius 1 is 0.909 bits per heavy atom. The highest BCUT2D eigenvalue weighted by Crippen LogP contribution is 2.07. The highest BCUT2D eigenvalue weighted by atomic mass is 16.4. The van der Waals surface area contributed by atoms with E-state index in [1.807, 2.05) is 0 Å². The Bertz CT molecular complexity index is 740. The molecule has 186 valence electrons. The summed E-state index contributed by atoms with van der Waals surface area (Å²) in [6.07, 6.45) is 0.847. The quantitative estimate of drug-likeness (QED) is 0.111. The molecule has 33 heavy (non-hydrogen) atoms. The number of hydrogen-bond acceptors (Lipinski definition) is 8. The van der Waals surface area contributed by atoms with Crippen molar-refractivity contribution in [1.29, 1.82) is 0 Å². The molecule has 1 fully saturated rings. The number of hydrogen-bond donors (Lipinski definition) is 8. The van der Waals surface area contributed by atoms with Gasteiger partial charge in [0.15, 0.2) is 0 Å². The van der Waals surface area contributed by atoms with Gasteiger partial charge in [-0.1, -0.05) is 0 Å². The van der Waals surface area contributed by atoms with Gasteiger partial charge < -0.3 is 42.9 Å². The number of carbonyl (C=O) groups excluding carboxylic acids is 4. The minimum Gasteiger partial charge on any atom is -0.481 e. The van der Waals surface area contributed by atoms with Crippen LogP contribution >= 0.6 is 0 Å². The van der Waals surface area contributed by atoms with Crippen LogP contribution in [0, 0.1) is 0 Å². The van der Waals surface area contributed by atoms with Gasteiger partial charge in [0.1, 0.15) is 18.1 Å². The predicted octanol–water partition coefficient (Wildman–Crippen LogP) is -3.24. The minimum absolute atomic E-state index is 0.0710. The highest BCUT2D eigenvalue weighted by Gasteiger charge is 2.33. The number of aliphatic carboxylic acids is 2. The van der Waals surface area contributed by atoms with Crippen LogP contribution in [0.5, 0.6) is 0 Å². The number of carboxylic acid groups (broad SMARTS) is 2. The monoisotopic (exact) mass is 472 g/mol. The lowest BCUT2D eigenvalue weighted by atomic mass is 10.1. The molecule has 0 radical (unpaired) electrons. The molecular weight excluding hydrogens is 440 g/mol. The number of carbonyl (C=O) groups is 6. The van der Waals surface area contributed by atoms with Crippen molar-refractivity contribution >= 4 is 35.6 Å². The minimum atomic E-state index is -1.57. The molecule has 4 atom stereocenters. The van der Waals surface area contributed by atoms with Crippen molar-refractivity contribution in [2.75, 3.05) is 13.1 Å². The van der Waals surface area contributed by atoms with Gasteiger partial charge >= 0.3 is 11.9 Å². The third-order valence-corrected chi connectivity index (χ3v) is 4.99. The Morgan fingerprint density at radius 3 is 2.00 bits per heavy atom. The van der Waals surface area contributed by atoms with Gasteiger partial charge in [0, 0.05) is 0 Å². The van der Waals surface area contributed by atoms with Crippen LogP contribution in [-0.2, 0) is 28.8 Å². The lowest BCUT2D eigenvalue weighted by Gasteiger charge is -2.24. The second-order valence-corrected chi connectivity index (χ2v) is 7.72. The molecule has 0 spiro atoms. The molecule has 4 amide bonds. The molecule has 0 aromatic rings. The molecule has 1 heterocycles. The van der Waals surface area contributed by atoms with Crippen LogP contribution in [0.2, 0.25) is 0 Å². The van der Waals surface area contributed by atoms with Crippen molar-refractivity contribution in [2.24, 2.45) is 11.5 Å². The molecule has 0 bridgehead atoms. The molecule has 0 aliphatic carbocycles. The van der Waals surface area contributed by atoms with Crippen molar-refractivity contribution in [2.45, 2.75) is 69.1 Å². The van der Waals surface area contributed by atoms with Crippen LogP contribution in [0.4, 0.5) is 0 Å². The van der Waals surface area contributed by atoms with Crippen LogP contribution in [0.1, 0.15) is 44.9 Å². The molecule has 4 unspecified atom stereocenters. The predicted molar refractivity (Wildman–Crippen MR) is 113 cm³/mol. The first-order chi connectivity index (χ1) is 15.5. The Morgan fingerprint density at radius 2 is 1.52 bits per heavy atom. The average Bonchev–Trinajstić information content (AvgIpc) is 3.26. The van der Waals surface area contributed by atoms with E-state index >= 15 is 0 Å². The molecule has 1 rings (SSSR count). The summed E-state index contributed by atoms with van der Waals surface area (Å²) in [6.45, 7) is 0.943. The summed E-state index contributed by atoms with van der Waals surface area (Å²) in [6, 6.07) is -4.97. The summed E-state index contributed by atoms with van der Waals surface area (Å²) >= 11 is 0. The van der Waals surface area contributed by atoms with E-state index in [1.165, 1.54) is 0 Å². The summed E-state index contributed by atoms with van der Waals surface area (Å²) in [5.41, 5.74) is 10.5. The summed E-state index contributed by atoms with van der Waals surface area (Å²) in [4.78, 5) is 71.6. The van der Waals surface area contributed by atoms with Gasteiger partial charge in [-0.3, -0.25) is 24.0 Å². The number of amides is 4. The number of nitrogens with two attached hydrogens (primary N) is 2. The fourth-order valence-electron chi connectivity index (χ4n) is 3.27. The zero-order chi connectivity index (χ0) is 25.0. The second kappa shape index (κ2) is 14.0. The molecular formula is C19H32N6O8. The fraction of sp³-hybridized carbons (Fsp3) is 0.684. The molecule has 1 aliphatic heterocycles. The summed E-state index contributed by atoms with van der Waals surface area (Å²) in [5, 5.41) is 28.1. The first-order valence-corrected chi connectivity index (χ1v) is 10.6. The van der Waals surface area contributed by atoms with E-state index in [2.05, 4.69) is 21.3 Å². The fourth-order valence-corrected chi connectivity index (χ4v) is 3.27. The van der Waals surface area contributed by atoms with E-state index < -0.39 is 72.6 Å². The zero-order valence-electron chi connectivity index (χ0n) is 18.2. The van der Waals surface area contributed by atoms with Gasteiger partial charge in [0.2, 0.25) is 23.6 Å². The molecule has 1 saturated heterocycles. The average molecular weight is 472 g/mol. The number of nitrogens with one attached hydrogen (secondary N) is 4. The SMILES string of the molecule is NCCCCC(NC(=O)C(CC(N)=O)NC(=O)C(CC(=O)O)NC(=O)C1CCCN1)C(=O)O. The van der Waals surface area contributed by atoms with E-state index in [0.717, 1.165) is 6.42 Å². The largest absolute Gasteiger partial charge is 0.481 e. The Hall–Kier alpha value is -3.26. The van der Waals surface area contributed by atoms with Gasteiger partial charge in [-0.2, -0.15) is 0 Å². The number of carboxylic acids is 2.